The number of ether oxygens (including phenoxy) is 1. The SMILES string of the molecule is CCCCC1=[C]([Sn]([CH2]CCC)([CH2]CCC)[CH2]CCC)C(=O)[C@H](C)N(C(=O)OCc2ccccc2)C1. The first kappa shape index (κ1) is 29.9. The molecule has 35 heavy (non-hydrogen) atoms. The molecule has 0 aromatic heterocycles. The summed E-state index contributed by atoms with van der Waals surface area (Å²) in [4.78, 5) is 29.0. The van der Waals surface area contributed by atoms with Crippen molar-refractivity contribution in [2.24, 2.45) is 0 Å². The fourth-order valence-electron chi connectivity index (χ4n) is 5.50. The van der Waals surface area contributed by atoms with Crippen LogP contribution < -0.4 is 0 Å². The van der Waals surface area contributed by atoms with Gasteiger partial charge in [-0.25, -0.2) is 0 Å². The summed E-state index contributed by atoms with van der Waals surface area (Å²) in [5.74, 6) is 0.248. The van der Waals surface area contributed by atoms with Gasteiger partial charge in [0.15, 0.2) is 0 Å². The molecule has 0 spiro atoms. The van der Waals surface area contributed by atoms with Crippen LogP contribution in [-0.2, 0) is 16.1 Å². The molecule has 0 saturated heterocycles. The van der Waals surface area contributed by atoms with Crippen molar-refractivity contribution in [2.75, 3.05) is 6.54 Å². The fourth-order valence-corrected chi connectivity index (χ4v) is 23.4. The summed E-state index contributed by atoms with van der Waals surface area (Å²) in [5, 5.41) is 0. The number of benzene rings is 1. The molecule has 0 bridgehead atoms. The molecule has 0 unspecified atom stereocenters. The normalized spacial score (nSPS) is 16.7. The Morgan fingerprint density at radius 3 is 1.97 bits per heavy atom. The van der Waals surface area contributed by atoms with Crippen LogP contribution in [0.15, 0.2) is 39.5 Å². The first-order chi connectivity index (χ1) is 16.9. The Morgan fingerprint density at radius 2 is 1.46 bits per heavy atom. The summed E-state index contributed by atoms with van der Waals surface area (Å²) in [6, 6.07) is 9.34. The molecule has 1 heterocycles. The monoisotopic (exact) mass is 591 g/mol. The average molecular weight is 590 g/mol. The van der Waals surface area contributed by atoms with Crippen LogP contribution >= 0.6 is 0 Å². The van der Waals surface area contributed by atoms with Crippen molar-refractivity contribution in [3.63, 3.8) is 0 Å². The molecule has 1 atom stereocenters. The molecule has 0 fully saturated rings. The van der Waals surface area contributed by atoms with Gasteiger partial charge in [-0.3, -0.25) is 0 Å². The number of carbonyl (C=O) groups is 2. The maximum atomic E-state index is 14.2. The van der Waals surface area contributed by atoms with E-state index in [0.29, 0.717) is 6.54 Å². The van der Waals surface area contributed by atoms with E-state index in [1.807, 2.05) is 37.3 Å². The summed E-state index contributed by atoms with van der Waals surface area (Å²) in [6.07, 6.45) is 10.0. The summed E-state index contributed by atoms with van der Waals surface area (Å²) in [7, 11) is 0. The molecule has 0 aliphatic carbocycles. The molecular weight excluding hydrogens is 541 g/mol. The second-order valence-corrected chi connectivity index (χ2v) is 23.4. The van der Waals surface area contributed by atoms with Gasteiger partial charge in [-0.1, -0.05) is 0 Å². The van der Waals surface area contributed by atoms with Crippen molar-refractivity contribution >= 4 is 30.3 Å². The third kappa shape index (κ3) is 8.36. The number of amides is 1. The van der Waals surface area contributed by atoms with Crippen molar-refractivity contribution in [3.05, 3.63) is 45.1 Å². The van der Waals surface area contributed by atoms with E-state index in [-0.39, 0.29) is 18.5 Å². The Morgan fingerprint density at radius 1 is 0.914 bits per heavy atom. The Balaban J connectivity index is 2.42. The van der Waals surface area contributed by atoms with Crippen molar-refractivity contribution < 1.29 is 14.3 Å². The third-order valence-corrected chi connectivity index (χ3v) is 23.6. The maximum absolute atomic E-state index is 14.2. The van der Waals surface area contributed by atoms with Gasteiger partial charge >= 0.3 is 219 Å². The van der Waals surface area contributed by atoms with E-state index in [9.17, 15) is 9.59 Å². The standard InChI is InChI=1S/C18H22NO3.3C4H9.Sn/c1-3-4-8-16-11-17(20)14(2)19(12-16)18(21)22-13-15-9-6-5-7-10-15;3*1-3-4-2;/h5-7,9-10,14H,3-4,8,12-13H2,1-2H3;3*1,3-4H2,2H3;/t14-;;;;/m0..../s1. The van der Waals surface area contributed by atoms with Crippen molar-refractivity contribution in [1.82, 2.24) is 4.90 Å². The zero-order valence-corrected chi connectivity index (χ0v) is 25.9. The molecule has 2 rings (SSSR count). The van der Waals surface area contributed by atoms with Crippen molar-refractivity contribution in [2.45, 2.75) is 118 Å². The predicted molar refractivity (Wildman–Crippen MR) is 149 cm³/mol. The van der Waals surface area contributed by atoms with Gasteiger partial charge in [0, 0.05) is 0 Å². The Labute approximate surface area is 218 Å². The van der Waals surface area contributed by atoms with Gasteiger partial charge in [0.05, 0.1) is 0 Å². The molecule has 0 saturated carbocycles. The van der Waals surface area contributed by atoms with Crippen LogP contribution in [-0.4, -0.2) is 47.7 Å². The molecule has 5 heteroatoms. The van der Waals surface area contributed by atoms with E-state index in [0.717, 1.165) is 24.8 Å². The molecular formula is C30H49NO3Sn. The van der Waals surface area contributed by atoms with Crippen molar-refractivity contribution in [1.29, 1.82) is 0 Å². The summed E-state index contributed by atoms with van der Waals surface area (Å²) in [5.41, 5.74) is 2.25. The minimum atomic E-state index is -2.93. The molecule has 1 aliphatic heterocycles. The first-order valence-corrected chi connectivity index (χ1v) is 21.7. The van der Waals surface area contributed by atoms with Gasteiger partial charge in [-0.15, -0.1) is 0 Å². The Bertz CT molecular complexity index is 798. The van der Waals surface area contributed by atoms with Gasteiger partial charge in [-0.2, -0.15) is 0 Å². The molecule has 0 N–H and O–H groups in total. The van der Waals surface area contributed by atoms with E-state index < -0.39 is 24.4 Å². The zero-order chi connectivity index (χ0) is 25.7. The van der Waals surface area contributed by atoms with Crippen LogP contribution in [0.3, 0.4) is 0 Å². The van der Waals surface area contributed by atoms with Gasteiger partial charge in [0.25, 0.3) is 0 Å². The van der Waals surface area contributed by atoms with E-state index in [2.05, 4.69) is 27.7 Å². The summed E-state index contributed by atoms with van der Waals surface area (Å²) >= 11 is -2.93. The number of rotatable bonds is 15. The number of ketones is 1. The molecule has 0 radical (unpaired) electrons. The molecule has 196 valence electrons. The second kappa shape index (κ2) is 15.7. The number of nitrogens with zero attached hydrogens (tertiary/aromatic N) is 1. The zero-order valence-electron chi connectivity index (χ0n) is 23.0. The molecule has 1 aliphatic rings. The van der Waals surface area contributed by atoms with E-state index in [4.69, 9.17) is 4.74 Å². The summed E-state index contributed by atoms with van der Waals surface area (Å²) in [6.45, 7) is 11.8. The van der Waals surface area contributed by atoms with Crippen LogP contribution in [0.4, 0.5) is 4.79 Å². The first-order valence-electron chi connectivity index (χ1n) is 14.2. The Hall–Kier alpha value is -1.30. The van der Waals surface area contributed by atoms with Crippen molar-refractivity contribution in [3.8, 4) is 0 Å². The van der Waals surface area contributed by atoms with Crippen LogP contribution in [0, 0.1) is 0 Å². The van der Waals surface area contributed by atoms with Crippen LogP contribution in [0.2, 0.25) is 13.3 Å². The number of carbonyl (C=O) groups excluding carboxylic acids is 2. The molecule has 1 aromatic rings. The van der Waals surface area contributed by atoms with E-state index >= 15 is 0 Å². The average Bonchev–Trinajstić information content (AvgIpc) is 2.88. The third-order valence-electron chi connectivity index (χ3n) is 7.64. The van der Waals surface area contributed by atoms with Gasteiger partial charge in [-0.05, 0) is 0 Å². The van der Waals surface area contributed by atoms with Gasteiger partial charge in [0.1, 0.15) is 0 Å². The predicted octanol–water partition coefficient (Wildman–Crippen LogP) is 8.47. The quantitative estimate of drug-likeness (QED) is 0.193. The van der Waals surface area contributed by atoms with E-state index in [1.165, 1.54) is 61.0 Å². The number of Topliss-reactive ketones (excluding diaryl/α,β-unsaturated/α-hetero) is 1. The van der Waals surface area contributed by atoms with Crippen LogP contribution in [0.25, 0.3) is 0 Å². The van der Waals surface area contributed by atoms with Crippen LogP contribution in [0.5, 0.6) is 0 Å². The molecule has 1 aromatic carbocycles. The van der Waals surface area contributed by atoms with Gasteiger partial charge < -0.3 is 0 Å². The number of hydrogen-bond donors (Lipinski definition) is 0. The topological polar surface area (TPSA) is 46.6 Å². The fraction of sp³-hybridized carbons (Fsp3) is 0.667. The Kier molecular flexibility index (Phi) is 13.5. The van der Waals surface area contributed by atoms with Crippen LogP contribution in [0.1, 0.15) is 98.0 Å². The van der Waals surface area contributed by atoms with Gasteiger partial charge in [0.2, 0.25) is 0 Å². The number of unbranched alkanes of at least 4 members (excludes halogenated alkanes) is 4. The second-order valence-electron chi connectivity index (χ2n) is 10.4. The minimum absolute atomic E-state index is 0.241. The van der Waals surface area contributed by atoms with E-state index in [1.54, 1.807) is 4.90 Å². The summed E-state index contributed by atoms with van der Waals surface area (Å²) < 4.78 is 10.8. The molecule has 1 amide bonds. The molecule has 4 nitrogen and oxygen atoms in total. The number of hydrogen-bond acceptors (Lipinski definition) is 3.